The molecule has 14 heavy (non-hydrogen) atoms. The lowest BCUT2D eigenvalue weighted by Gasteiger charge is -2.08. The molecule has 0 aliphatic rings. The van der Waals surface area contributed by atoms with Crippen molar-refractivity contribution in [3.63, 3.8) is 0 Å². The van der Waals surface area contributed by atoms with Crippen LogP contribution in [0.4, 0.5) is 13.2 Å². The zero-order valence-corrected chi connectivity index (χ0v) is 6.55. The number of halogens is 3. The Kier molecular flexibility index (Phi) is 1.95. The van der Waals surface area contributed by atoms with E-state index in [4.69, 9.17) is 7.85 Å². The molecule has 0 radical (unpaired) electrons. The number of carboxylic acids is 1. The third-order valence-electron chi connectivity index (χ3n) is 1.15. The van der Waals surface area contributed by atoms with Crippen molar-refractivity contribution in [3.05, 3.63) is 29.8 Å². The second-order valence-corrected chi connectivity index (χ2v) is 2.19. The van der Waals surface area contributed by atoms with Crippen LogP contribution in [-0.4, -0.2) is 17.4 Å². The van der Waals surface area contributed by atoms with Crippen LogP contribution in [0.1, 0.15) is 13.1 Å². The summed E-state index contributed by atoms with van der Waals surface area (Å²) in [6.45, 7) is 0. The van der Waals surface area contributed by atoms with Gasteiger partial charge in [0.2, 0.25) is 0 Å². The lowest BCUT2D eigenvalue weighted by molar-refractivity contribution is -0.274. The predicted octanol–water partition coefficient (Wildman–Crippen LogP) is 2.28. The molecule has 0 heterocycles. The molecular weight excluding hydrogens is 201 g/mol. The molecule has 3 nitrogen and oxygen atoms in total. The van der Waals surface area contributed by atoms with E-state index in [-0.39, 0.29) is 0 Å². The lowest BCUT2D eigenvalue weighted by atomic mass is 10.2. The highest BCUT2D eigenvalue weighted by Gasteiger charge is 2.31. The van der Waals surface area contributed by atoms with E-state index in [1.807, 2.05) is 0 Å². The third-order valence-corrected chi connectivity index (χ3v) is 1.15. The highest BCUT2D eigenvalue weighted by atomic mass is 19.4. The standard InChI is InChI=1S/C8H5F3O3/c9-8(10,11)14-6-3-1-2-5(4-6)7(12)13/h1-4H,(H,12,13)/i2D,4D. The topological polar surface area (TPSA) is 46.5 Å². The molecular formula is C8H5F3O3. The van der Waals surface area contributed by atoms with Crippen LogP contribution in [0.25, 0.3) is 0 Å². The normalized spacial score (nSPS) is 13.1. The summed E-state index contributed by atoms with van der Waals surface area (Å²) >= 11 is 0. The Bertz CT molecular complexity index is 431. The molecule has 0 aliphatic heterocycles. The second-order valence-electron chi connectivity index (χ2n) is 2.19. The van der Waals surface area contributed by atoms with Crippen LogP contribution in [-0.2, 0) is 0 Å². The number of benzene rings is 1. The second kappa shape index (κ2) is 3.57. The summed E-state index contributed by atoms with van der Waals surface area (Å²) in [5, 5.41) is 8.59. The van der Waals surface area contributed by atoms with Crippen LogP contribution in [0.15, 0.2) is 24.2 Å². The van der Waals surface area contributed by atoms with Gasteiger partial charge < -0.3 is 9.84 Å². The summed E-state index contributed by atoms with van der Waals surface area (Å²) < 4.78 is 53.3. The zero-order chi connectivity index (χ0) is 12.5. The van der Waals surface area contributed by atoms with Gasteiger partial charge in [-0.2, -0.15) is 0 Å². The molecule has 6 heteroatoms. The number of ether oxygens (including phenoxy) is 1. The van der Waals surface area contributed by atoms with Crippen LogP contribution in [0, 0.1) is 0 Å². The first-order valence-electron chi connectivity index (χ1n) is 4.31. The third kappa shape index (κ3) is 2.96. The molecule has 0 aliphatic carbocycles. The van der Waals surface area contributed by atoms with Gasteiger partial charge in [-0.1, -0.05) is 6.07 Å². The fraction of sp³-hybridized carbons (Fsp3) is 0.125. The minimum absolute atomic E-state index is 0.549. The van der Waals surface area contributed by atoms with Crippen molar-refractivity contribution in [1.82, 2.24) is 0 Å². The molecule has 0 atom stereocenters. The summed E-state index contributed by atoms with van der Waals surface area (Å²) in [4.78, 5) is 10.6. The Morgan fingerprint density at radius 2 is 2.21 bits per heavy atom. The average Bonchev–Trinajstić information content (AvgIpc) is 2.07. The first kappa shape index (κ1) is 7.66. The van der Waals surface area contributed by atoms with Crippen LogP contribution < -0.4 is 4.74 Å². The van der Waals surface area contributed by atoms with Crippen molar-refractivity contribution in [2.75, 3.05) is 0 Å². The minimum Gasteiger partial charge on any atom is -0.478 e. The first-order chi connectivity index (χ1) is 7.22. The van der Waals surface area contributed by atoms with Gasteiger partial charge in [0, 0.05) is 0 Å². The largest absolute Gasteiger partial charge is 0.573 e. The molecule has 1 aromatic carbocycles. The smallest absolute Gasteiger partial charge is 0.478 e. The molecule has 1 rings (SSSR count). The fourth-order valence-corrected chi connectivity index (χ4v) is 0.701. The Morgan fingerprint density at radius 3 is 2.71 bits per heavy atom. The molecule has 1 aromatic rings. The first-order valence-corrected chi connectivity index (χ1v) is 3.31. The summed E-state index contributed by atoms with van der Waals surface area (Å²) in [5.41, 5.74) is -0.832. The van der Waals surface area contributed by atoms with Crippen LogP contribution in [0.2, 0.25) is 0 Å². The Morgan fingerprint density at radius 1 is 1.57 bits per heavy atom. The van der Waals surface area contributed by atoms with E-state index in [2.05, 4.69) is 4.74 Å². The van der Waals surface area contributed by atoms with Gasteiger partial charge in [-0.15, -0.1) is 13.2 Å². The maximum atomic E-state index is 11.9. The van der Waals surface area contributed by atoms with Crippen LogP contribution in [0.5, 0.6) is 5.75 Å². The molecule has 0 saturated heterocycles. The SMILES string of the molecule is [2H]c1ccc(OC(F)(F)F)c([2H])c1C(=O)O. The van der Waals surface area contributed by atoms with Crippen LogP contribution in [0.3, 0.4) is 0 Å². The van der Waals surface area contributed by atoms with Crippen molar-refractivity contribution < 1.29 is 30.6 Å². The van der Waals surface area contributed by atoms with E-state index in [9.17, 15) is 18.0 Å². The van der Waals surface area contributed by atoms with Crippen LogP contribution >= 0.6 is 0 Å². The van der Waals surface area contributed by atoms with Gasteiger partial charge in [0.25, 0.3) is 0 Å². The van der Waals surface area contributed by atoms with E-state index in [0.29, 0.717) is 0 Å². The van der Waals surface area contributed by atoms with Crippen molar-refractivity contribution in [2.24, 2.45) is 0 Å². The summed E-state index contributed by atoms with van der Waals surface area (Å²) in [6.07, 6.45) is -5.00. The highest BCUT2D eigenvalue weighted by Crippen LogP contribution is 2.23. The monoisotopic (exact) mass is 208 g/mol. The number of alkyl halides is 3. The molecule has 0 unspecified atom stereocenters. The molecule has 0 bridgehead atoms. The average molecular weight is 208 g/mol. The van der Waals surface area contributed by atoms with Crippen molar-refractivity contribution in [1.29, 1.82) is 0 Å². The van der Waals surface area contributed by atoms with E-state index in [1.54, 1.807) is 0 Å². The summed E-state index contributed by atoms with van der Waals surface area (Å²) in [5.74, 6) is -2.59. The predicted molar refractivity (Wildman–Crippen MR) is 40.1 cm³/mol. The van der Waals surface area contributed by atoms with Gasteiger partial charge in [0.05, 0.1) is 8.30 Å². The number of rotatable bonds is 2. The Labute approximate surface area is 79.5 Å². The number of hydrogen-bond acceptors (Lipinski definition) is 2. The maximum Gasteiger partial charge on any atom is 0.573 e. The Balaban J connectivity index is 3.24. The number of carboxylic acid groups (broad SMARTS) is 1. The van der Waals surface area contributed by atoms with Gasteiger partial charge in [0.1, 0.15) is 5.75 Å². The van der Waals surface area contributed by atoms with E-state index >= 15 is 0 Å². The molecule has 0 amide bonds. The quantitative estimate of drug-likeness (QED) is 0.810. The zero-order valence-electron chi connectivity index (χ0n) is 8.55. The summed E-state index contributed by atoms with van der Waals surface area (Å²) in [7, 11) is 0. The molecule has 1 N–H and O–H groups in total. The summed E-state index contributed by atoms with van der Waals surface area (Å²) in [6, 6.07) is 0.0250. The molecule has 0 fully saturated rings. The Hall–Kier alpha value is -1.72. The molecule has 0 aromatic heterocycles. The minimum atomic E-state index is -5.00. The number of hydrogen-bond donors (Lipinski definition) is 1. The van der Waals surface area contributed by atoms with Crippen molar-refractivity contribution >= 4 is 5.97 Å². The van der Waals surface area contributed by atoms with Crippen molar-refractivity contribution in [2.45, 2.75) is 6.36 Å². The van der Waals surface area contributed by atoms with E-state index in [0.717, 1.165) is 12.1 Å². The molecule has 0 spiro atoms. The fourth-order valence-electron chi connectivity index (χ4n) is 0.701. The number of aromatic carboxylic acids is 1. The van der Waals surface area contributed by atoms with Crippen molar-refractivity contribution in [3.8, 4) is 5.75 Å². The van der Waals surface area contributed by atoms with E-state index < -0.39 is 35.7 Å². The van der Waals surface area contributed by atoms with Gasteiger partial charge in [-0.3, -0.25) is 0 Å². The van der Waals surface area contributed by atoms with Gasteiger partial charge >= 0.3 is 12.3 Å². The number of carbonyl (C=O) groups is 1. The molecule has 0 saturated carbocycles. The van der Waals surface area contributed by atoms with Gasteiger partial charge in [0.15, 0.2) is 0 Å². The van der Waals surface area contributed by atoms with Gasteiger partial charge in [-0.25, -0.2) is 4.79 Å². The maximum absolute atomic E-state index is 11.9. The van der Waals surface area contributed by atoms with Gasteiger partial charge in [-0.05, 0) is 18.2 Å². The highest BCUT2D eigenvalue weighted by molar-refractivity contribution is 5.87. The molecule has 76 valence electrons. The lowest BCUT2D eigenvalue weighted by Crippen LogP contribution is -2.17. The van der Waals surface area contributed by atoms with E-state index in [1.165, 1.54) is 0 Å².